The predicted octanol–water partition coefficient (Wildman–Crippen LogP) is 7.51. The molecule has 3 nitrogen and oxygen atoms in total. The van der Waals surface area contributed by atoms with Gasteiger partial charge in [0.2, 0.25) is 0 Å². The second-order valence-corrected chi connectivity index (χ2v) is 15.7. The molecule has 186 valence electrons. The maximum atomic E-state index is 5.98. The van der Waals surface area contributed by atoms with E-state index in [0.717, 1.165) is 5.75 Å². The third-order valence-corrected chi connectivity index (χ3v) is 10.5. The fourth-order valence-corrected chi connectivity index (χ4v) is 7.11. The Morgan fingerprint density at radius 2 is 1.23 bits per heavy atom. The van der Waals surface area contributed by atoms with Crippen molar-refractivity contribution in [2.24, 2.45) is 5.92 Å². The van der Waals surface area contributed by atoms with Gasteiger partial charge in [0.05, 0.1) is 27.9 Å². The van der Waals surface area contributed by atoms with Crippen molar-refractivity contribution in [2.75, 3.05) is 19.8 Å². The van der Waals surface area contributed by atoms with Crippen molar-refractivity contribution in [2.45, 2.75) is 58.5 Å². The maximum Gasteiger partial charge on any atom is 0.162 e. The third-order valence-electron chi connectivity index (χ3n) is 7.05. The molecule has 4 heteroatoms. The summed E-state index contributed by atoms with van der Waals surface area (Å²) in [7, 11) is -1.33. The van der Waals surface area contributed by atoms with Crippen molar-refractivity contribution in [3.63, 3.8) is 0 Å². The minimum absolute atomic E-state index is 0.258. The largest absolute Gasteiger partial charge is 0.493 e. The minimum Gasteiger partial charge on any atom is -0.493 e. The van der Waals surface area contributed by atoms with Crippen LogP contribution in [0.2, 0.25) is 19.1 Å². The molecule has 0 amide bonds. The van der Waals surface area contributed by atoms with E-state index in [1.165, 1.54) is 41.1 Å². The van der Waals surface area contributed by atoms with E-state index in [1.807, 2.05) is 26.0 Å². The molecule has 4 rings (SSSR count). The monoisotopic (exact) mass is 488 g/mol. The molecule has 0 saturated carbocycles. The summed E-state index contributed by atoms with van der Waals surface area (Å²) in [5, 5.41) is 1.56. The average molecular weight is 489 g/mol. The van der Waals surface area contributed by atoms with Crippen LogP contribution < -0.4 is 9.92 Å². The summed E-state index contributed by atoms with van der Waals surface area (Å²) in [5.41, 5.74) is 4.94. The normalized spacial score (nSPS) is 16.3. The van der Waals surface area contributed by atoms with Gasteiger partial charge in [-0.3, -0.25) is 0 Å². The van der Waals surface area contributed by atoms with Crippen LogP contribution in [0, 0.1) is 5.92 Å². The molecular formula is C31H40O3Si. The fourth-order valence-electron chi connectivity index (χ4n) is 4.51. The summed E-state index contributed by atoms with van der Waals surface area (Å²) in [4.78, 5) is 0. The van der Waals surface area contributed by atoms with Gasteiger partial charge in [-0.2, -0.15) is 0 Å². The Bertz CT molecular complexity index is 1060. The van der Waals surface area contributed by atoms with E-state index >= 15 is 0 Å². The molecule has 3 aromatic rings. The fraction of sp³-hybridized carbons (Fsp3) is 0.419. The van der Waals surface area contributed by atoms with Gasteiger partial charge in [0.1, 0.15) is 5.75 Å². The van der Waals surface area contributed by atoms with Crippen LogP contribution in [0.15, 0.2) is 72.8 Å². The van der Waals surface area contributed by atoms with Crippen LogP contribution in [-0.4, -0.2) is 33.7 Å². The highest BCUT2D eigenvalue weighted by molar-refractivity contribution is 6.89. The zero-order valence-electron chi connectivity index (χ0n) is 22.0. The molecule has 0 spiro atoms. The zero-order chi connectivity index (χ0) is 24.9. The van der Waals surface area contributed by atoms with Gasteiger partial charge in [-0.05, 0) is 48.2 Å². The number of unbranched alkanes of at least 4 members (excludes halogenated alkanes) is 1. The predicted molar refractivity (Wildman–Crippen MR) is 149 cm³/mol. The molecule has 0 atom stereocenters. The minimum atomic E-state index is -1.33. The Morgan fingerprint density at radius 1 is 0.771 bits per heavy atom. The van der Waals surface area contributed by atoms with Gasteiger partial charge in [-0.25, -0.2) is 0 Å². The Morgan fingerprint density at radius 3 is 1.71 bits per heavy atom. The first-order chi connectivity index (χ1) is 16.8. The highest BCUT2D eigenvalue weighted by Crippen LogP contribution is 2.27. The lowest BCUT2D eigenvalue weighted by Crippen LogP contribution is -2.41. The summed E-state index contributed by atoms with van der Waals surface area (Å²) in [6.45, 7) is 13.1. The molecule has 1 aliphatic heterocycles. The first-order valence-corrected chi connectivity index (χ1v) is 16.2. The molecule has 0 aromatic heterocycles. The van der Waals surface area contributed by atoms with E-state index < -0.39 is 13.9 Å². The summed E-state index contributed by atoms with van der Waals surface area (Å²) in [6, 6.07) is 27.9. The summed E-state index contributed by atoms with van der Waals surface area (Å²) in [6.07, 6.45) is 2.61. The highest BCUT2D eigenvalue weighted by Gasteiger charge is 2.28. The van der Waals surface area contributed by atoms with Gasteiger partial charge < -0.3 is 14.2 Å². The summed E-state index contributed by atoms with van der Waals surface area (Å²) < 4.78 is 17.4. The van der Waals surface area contributed by atoms with E-state index in [0.29, 0.717) is 19.8 Å². The van der Waals surface area contributed by atoms with Crippen molar-refractivity contribution in [3.05, 3.63) is 72.8 Å². The van der Waals surface area contributed by atoms with Gasteiger partial charge in [-0.1, -0.05) is 105 Å². The van der Waals surface area contributed by atoms with Crippen LogP contribution in [0.4, 0.5) is 0 Å². The van der Waals surface area contributed by atoms with Crippen molar-refractivity contribution in [1.29, 1.82) is 0 Å². The van der Waals surface area contributed by atoms with Crippen molar-refractivity contribution >= 4 is 13.3 Å². The lowest BCUT2D eigenvalue weighted by molar-refractivity contribution is -0.264. The molecule has 1 aliphatic rings. The Labute approximate surface area is 212 Å². The summed E-state index contributed by atoms with van der Waals surface area (Å²) in [5.74, 6) is 0.652. The molecule has 0 bridgehead atoms. The molecule has 0 unspecified atom stereocenters. The van der Waals surface area contributed by atoms with Crippen LogP contribution in [0.25, 0.3) is 22.3 Å². The van der Waals surface area contributed by atoms with Gasteiger partial charge in [-0.15, -0.1) is 0 Å². The summed E-state index contributed by atoms with van der Waals surface area (Å²) >= 11 is 0. The molecule has 0 N–H and O–H groups in total. The van der Waals surface area contributed by atoms with E-state index in [9.17, 15) is 0 Å². The van der Waals surface area contributed by atoms with Gasteiger partial charge in [0.15, 0.2) is 5.79 Å². The topological polar surface area (TPSA) is 27.7 Å². The Kier molecular flexibility index (Phi) is 8.15. The quantitative estimate of drug-likeness (QED) is 0.292. The molecule has 35 heavy (non-hydrogen) atoms. The number of benzene rings is 3. The van der Waals surface area contributed by atoms with Crippen LogP contribution >= 0.6 is 0 Å². The SMILES string of the molecule is CCCC[Si](C)(C)c1ccc(-c2ccc(-c3ccc(OCC4COC(C)(C)OC4)cc3)cc2)cc1. The van der Waals surface area contributed by atoms with Crippen molar-refractivity contribution in [1.82, 2.24) is 0 Å². The number of hydrogen-bond donors (Lipinski definition) is 0. The molecule has 1 fully saturated rings. The van der Waals surface area contributed by atoms with E-state index in [-0.39, 0.29) is 5.92 Å². The maximum absolute atomic E-state index is 5.98. The lowest BCUT2D eigenvalue weighted by atomic mass is 10.0. The standard InChI is InChI=1S/C31H40O3Si/c1-6-7-20-35(4,5)30-18-14-28(15-19-30)26-10-8-25(9-11-26)27-12-16-29(17-13-27)32-21-24-22-33-31(2,3)34-23-24/h8-19,24H,6-7,20-23H2,1-5H3. The second kappa shape index (κ2) is 11.1. The van der Waals surface area contributed by atoms with E-state index in [4.69, 9.17) is 14.2 Å². The van der Waals surface area contributed by atoms with E-state index in [2.05, 4.69) is 80.7 Å². The smallest absolute Gasteiger partial charge is 0.162 e. The van der Waals surface area contributed by atoms with Crippen LogP contribution in [0.5, 0.6) is 5.75 Å². The number of rotatable bonds is 9. The van der Waals surface area contributed by atoms with Gasteiger partial charge in [0, 0.05) is 5.92 Å². The second-order valence-electron chi connectivity index (χ2n) is 10.9. The number of ether oxygens (including phenoxy) is 3. The van der Waals surface area contributed by atoms with Crippen LogP contribution in [0.1, 0.15) is 33.6 Å². The van der Waals surface area contributed by atoms with Crippen LogP contribution in [0.3, 0.4) is 0 Å². The molecule has 0 radical (unpaired) electrons. The third kappa shape index (κ3) is 6.84. The van der Waals surface area contributed by atoms with Crippen LogP contribution in [-0.2, 0) is 9.47 Å². The number of hydrogen-bond acceptors (Lipinski definition) is 3. The molecule has 1 saturated heterocycles. The first-order valence-electron chi connectivity index (χ1n) is 13.0. The molecule has 3 aromatic carbocycles. The van der Waals surface area contributed by atoms with Crippen molar-refractivity contribution in [3.8, 4) is 28.0 Å². The van der Waals surface area contributed by atoms with Crippen molar-refractivity contribution < 1.29 is 14.2 Å². The molecule has 0 aliphatic carbocycles. The Balaban J connectivity index is 1.34. The highest BCUT2D eigenvalue weighted by atomic mass is 28.3. The van der Waals surface area contributed by atoms with Gasteiger partial charge in [0.25, 0.3) is 0 Å². The first kappa shape index (κ1) is 25.7. The lowest BCUT2D eigenvalue weighted by Gasteiger charge is -2.34. The van der Waals surface area contributed by atoms with E-state index in [1.54, 1.807) is 5.19 Å². The van der Waals surface area contributed by atoms with Gasteiger partial charge >= 0.3 is 0 Å². The zero-order valence-corrected chi connectivity index (χ0v) is 23.0. The average Bonchev–Trinajstić information content (AvgIpc) is 2.87. The molecular weight excluding hydrogens is 448 g/mol. The molecule has 1 heterocycles. The Hall–Kier alpha value is -2.40.